The van der Waals surface area contributed by atoms with Gasteiger partial charge in [0.15, 0.2) is 0 Å². The molecule has 0 bridgehead atoms. The smallest absolute Gasteiger partial charge is 0.242 e. The predicted octanol–water partition coefficient (Wildman–Crippen LogP) is 0.692. The first-order chi connectivity index (χ1) is 7.65. The van der Waals surface area contributed by atoms with E-state index in [-0.39, 0.29) is 5.91 Å². The van der Waals surface area contributed by atoms with Crippen molar-refractivity contribution in [1.82, 2.24) is 4.98 Å². The van der Waals surface area contributed by atoms with E-state index in [2.05, 4.69) is 10.3 Å². The molecule has 5 nitrogen and oxygen atoms in total. The van der Waals surface area contributed by atoms with Gasteiger partial charge in [-0.2, -0.15) is 0 Å². The van der Waals surface area contributed by atoms with Crippen LogP contribution in [0.5, 0.6) is 0 Å². The molecule has 1 amide bonds. The number of carbonyl (C=O) groups excluding carboxylic acids is 1. The largest absolute Gasteiger partial charge is 0.385 e. The highest BCUT2D eigenvalue weighted by molar-refractivity contribution is 5.94. The Morgan fingerprint density at radius 2 is 2.44 bits per heavy atom. The summed E-state index contributed by atoms with van der Waals surface area (Å²) in [5.41, 5.74) is 6.59. The summed E-state index contributed by atoms with van der Waals surface area (Å²) < 4.78 is 4.86. The molecule has 0 fully saturated rings. The van der Waals surface area contributed by atoms with Gasteiger partial charge in [0, 0.05) is 19.9 Å². The maximum Gasteiger partial charge on any atom is 0.242 e. The summed E-state index contributed by atoms with van der Waals surface area (Å²) in [5.74, 6) is 0.319. The number of aromatic nitrogens is 1. The van der Waals surface area contributed by atoms with E-state index in [1.54, 1.807) is 13.3 Å². The fraction of sp³-hybridized carbons (Fsp3) is 0.455. The van der Waals surface area contributed by atoms with Crippen LogP contribution < -0.4 is 11.1 Å². The molecule has 0 saturated carbocycles. The molecule has 1 rings (SSSR count). The Labute approximate surface area is 95.0 Å². The molecule has 3 N–H and O–H groups in total. The number of pyridine rings is 1. The highest BCUT2D eigenvalue weighted by Crippen LogP contribution is 2.09. The number of methoxy groups -OCH3 is 1. The molecule has 1 atom stereocenters. The lowest BCUT2D eigenvalue weighted by molar-refractivity contribution is -0.117. The van der Waals surface area contributed by atoms with Crippen molar-refractivity contribution in [2.75, 3.05) is 19.0 Å². The van der Waals surface area contributed by atoms with Crippen molar-refractivity contribution >= 4 is 11.7 Å². The number of nitrogens with zero attached hydrogens (tertiary/aromatic N) is 1. The van der Waals surface area contributed by atoms with Crippen molar-refractivity contribution in [3.8, 4) is 0 Å². The van der Waals surface area contributed by atoms with E-state index in [9.17, 15) is 4.79 Å². The van der Waals surface area contributed by atoms with Gasteiger partial charge in [-0.1, -0.05) is 6.07 Å². The van der Waals surface area contributed by atoms with Gasteiger partial charge in [-0.3, -0.25) is 4.79 Å². The van der Waals surface area contributed by atoms with Crippen molar-refractivity contribution in [2.24, 2.45) is 5.73 Å². The summed E-state index contributed by atoms with van der Waals surface area (Å²) in [4.78, 5) is 15.7. The SMILES string of the molecule is COCCC(N)C(=O)Nc1ncccc1C. The molecule has 0 radical (unpaired) electrons. The van der Waals surface area contributed by atoms with Gasteiger partial charge in [-0.25, -0.2) is 4.98 Å². The van der Waals surface area contributed by atoms with Gasteiger partial charge in [0.1, 0.15) is 5.82 Å². The fourth-order valence-electron chi connectivity index (χ4n) is 1.20. The number of nitrogens with one attached hydrogen (secondary N) is 1. The van der Waals surface area contributed by atoms with Gasteiger partial charge in [0.25, 0.3) is 0 Å². The van der Waals surface area contributed by atoms with Gasteiger partial charge in [0.2, 0.25) is 5.91 Å². The molecular formula is C11H17N3O2. The second-order valence-corrected chi connectivity index (χ2v) is 3.55. The molecule has 1 unspecified atom stereocenters. The fourth-order valence-corrected chi connectivity index (χ4v) is 1.20. The second kappa shape index (κ2) is 6.19. The quantitative estimate of drug-likeness (QED) is 0.770. The zero-order chi connectivity index (χ0) is 12.0. The van der Waals surface area contributed by atoms with Crippen LogP contribution in [0.1, 0.15) is 12.0 Å². The topological polar surface area (TPSA) is 77.2 Å². The van der Waals surface area contributed by atoms with Crippen molar-refractivity contribution in [3.05, 3.63) is 23.9 Å². The number of ether oxygens (including phenoxy) is 1. The summed E-state index contributed by atoms with van der Waals surface area (Å²) in [6.07, 6.45) is 2.12. The average Bonchev–Trinajstić information content (AvgIpc) is 2.28. The predicted molar refractivity (Wildman–Crippen MR) is 62.1 cm³/mol. The molecule has 0 spiro atoms. The maximum atomic E-state index is 11.6. The van der Waals surface area contributed by atoms with Crippen LogP contribution in [0.25, 0.3) is 0 Å². The first kappa shape index (κ1) is 12.6. The lowest BCUT2D eigenvalue weighted by Crippen LogP contribution is -2.36. The molecule has 1 aromatic heterocycles. The Balaban J connectivity index is 2.54. The molecule has 0 aliphatic heterocycles. The minimum absolute atomic E-state index is 0.237. The Hall–Kier alpha value is -1.46. The van der Waals surface area contributed by atoms with E-state index in [0.717, 1.165) is 5.56 Å². The van der Waals surface area contributed by atoms with Gasteiger partial charge in [-0.05, 0) is 25.0 Å². The Kier molecular flexibility index (Phi) is 4.88. The van der Waals surface area contributed by atoms with Gasteiger partial charge < -0.3 is 15.8 Å². The Morgan fingerprint density at radius 3 is 3.06 bits per heavy atom. The number of nitrogens with two attached hydrogens (primary N) is 1. The maximum absolute atomic E-state index is 11.6. The molecule has 0 aliphatic carbocycles. The van der Waals surface area contributed by atoms with Gasteiger partial charge in [-0.15, -0.1) is 0 Å². The van der Waals surface area contributed by atoms with E-state index in [0.29, 0.717) is 18.8 Å². The van der Waals surface area contributed by atoms with Gasteiger partial charge in [0.05, 0.1) is 6.04 Å². The van der Waals surface area contributed by atoms with E-state index < -0.39 is 6.04 Å². The summed E-state index contributed by atoms with van der Waals surface area (Å²) in [6, 6.07) is 3.13. The lowest BCUT2D eigenvalue weighted by atomic mass is 10.2. The zero-order valence-electron chi connectivity index (χ0n) is 9.56. The minimum atomic E-state index is -0.568. The zero-order valence-corrected chi connectivity index (χ0v) is 9.56. The first-order valence-electron chi connectivity index (χ1n) is 5.12. The van der Waals surface area contributed by atoms with Crippen molar-refractivity contribution < 1.29 is 9.53 Å². The summed E-state index contributed by atoms with van der Waals surface area (Å²) in [6.45, 7) is 2.35. The van der Waals surface area contributed by atoms with Crippen LogP contribution in [-0.4, -0.2) is 30.6 Å². The summed E-state index contributed by atoms with van der Waals surface area (Å²) in [5, 5.41) is 2.69. The van der Waals surface area contributed by atoms with Crippen molar-refractivity contribution in [1.29, 1.82) is 0 Å². The first-order valence-corrected chi connectivity index (χ1v) is 5.12. The third-order valence-corrected chi connectivity index (χ3v) is 2.22. The van der Waals surface area contributed by atoms with E-state index in [1.165, 1.54) is 0 Å². The Morgan fingerprint density at radius 1 is 1.69 bits per heavy atom. The molecule has 16 heavy (non-hydrogen) atoms. The monoisotopic (exact) mass is 223 g/mol. The molecule has 0 aliphatic rings. The molecular weight excluding hydrogens is 206 g/mol. The average molecular weight is 223 g/mol. The summed E-state index contributed by atoms with van der Waals surface area (Å²) >= 11 is 0. The number of amides is 1. The van der Waals surface area contributed by atoms with Crippen LogP contribution in [0.15, 0.2) is 18.3 Å². The molecule has 1 aromatic rings. The minimum Gasteiger partial charge on any atom is -0.385 e. The normalized spacial score (nSPS) is 12.2. The number of carbonyl (C=O) groups is 1. The third kappa shape index (κ3) is 3.60. The van der Waals surface area contributed by atoms with E-state index in [4.69, 9.17) is 10.5 Å². The van der Waals surface area contributed by atoms with Crippen molar-refractivity contribution in [2.45, 2.75) is 19.4 Å². The highest BCUT2D eigenvalue weighted by atomic mass is 16.5. The number of aryl methyl sites for hydroxylation is 1. The lowest BCUT2D eigenvalue weighted by Gasteiger charge is -2.12. The van der Waals surface area contributed by atoms with Crippen LogP contribution in [-0.2, 0) is 9.53 Å². The molecule has 0 saturated heterocycles. The van der Waals surface area contributed by atoms with Crippen molar-refractivity contribution in [3.63, 3.8) is 0 Å². The molecule has 1 heterocycles. The number of hydrogen-bond acceptors (Lipinski definition) is 4. The van der Waals surface area contributed by atoms with Crippen LogP contribution in [0.3, 0.4) is 0 Å². The van der Waals surface area contributed by atoms with Crippen LogP contribution in [0, 0.1) is 6.92 Å². The van der Waals surface area contributed by atoms with Crippen LogP contribution in [0.2, 0.25) is 0 Å². The second-order valence-electron chi connectivity index (χ2n) is 3.55. The number of hydrogen-bond donors (Lipinski definition) is 2. The summed E-state index contributed by atoms with van der Waals surface area (Å²) in [7, 11) is 1.58. The van der Waals surface area contributed by atoms with E-state index in [1.807, 2.05) is 19.1 Å². The standard InChI is InChI=1S/C11H17N3O2/c1-8-4-3-6-13-10(8)14-11(15)9(12)5-7-16-2/h3-4,6,9H,5,7,12H2,1-2H3,(H,13,14,15). The number of rotatable bonds is 5. The molecule has 0 aromatic carbocycles. The van der Waals surface area contributed by atoms with E-state index >= 15 is 0 Å². The Bertz CT molecular complexity index is 355. The van der Waals surface area contributed by atoms with Crippen LogP contribution >= 0.6 is 0 Å². The third-order valence-electron chi connectivity index (χ3n) is 2.22. The van der Waals surface area contributed by atoms with Crippen LogP contribution in [0.4, 0.5) is 5.82 Å². The molecule has 5 heteroatoms. The molecule has 88 valence electrons. The number of anilines is 1. The highest BCUT2D eigenvalue weighted by Gasteiger charge is 2.14. The van der Waals surface area contributed by atoms with Gasteiger partial charge >= 0.3 is 0 Å².